The number of hydrogen-bond donors (Lipinski definition) is 1. The quantitative estimate of drug-likeness (QED) is 0.672. The fourth-order valence-electron chi connectivity index (χ4n) is 2.27. The maximum Gasteiger partial charge on any atom is 0.262 e. The highest BCUT2D eigenvalue weighted by Crippen LogP contribution is 2.26. The summed E-state index contributed by atoms with van der Waals surface area (Å²) in [5.41, 5.74) is 1.04. The van der Waals surface area contributed by atoms with Crippen molar-refractivity contribution in [2.45, 2.75) is 31.2 Å². The zero-order chi connectivity index (χ0) is 15.6. The Hall–Kier alpha value is -0.850. The second kappa shape index (κ2) is 6.50. The molecule has 0 spiro atoms. The van der Waals surface area contributed by atoms with Gasteiger partial charge >= 0.3 is 0 Å². The Morgan fingerprint density at radius 2 is 2.05 bits per heavy atom. The van der Waals surface area contributed by atoms with Crippen molar-refractivity contribution in [2.75, 3.05) is 11.5 Å². The van der Waals surface area contributed by atoms with Crippen molar-refractivity contribution in [3.63, 3.8) is 0 Å². The molecule has 0 aliphatic carbocycles. The molecule has 2 unspecified atom stereocenters. The molecule has 1 aliphatic rings. The molecule has 2 atom stereocenters. The Morgan fingerprint density at radius 1 is 1.38 bits per heavy atom. The van der Waals surface area contributed by atoms with E-state index in [1.54, 1.807) is 0 Å². The Morgan fingerprint density at radius 3 is 2.62 bits per heavy atom. The molecule has 21 heavy (non-hydrogen) atoms. The SMILES string of the molecule is CC(C)c1ccccc1OC(=S)NC1CS(=O)(=O)CC1Cl. The lowest BCUT2D eigenvalue weighted by atomic mass is 10.0. The third-order valence-electron chi connectivity index (χ3n) is 3.33. The standard InChI is InChI=1S/C14H18ClNO3S2/c1-9(2)10-5-3-4-6-13(10)19-14(20)16-12-8-21(17,18)7-11(12)15/h3-6,9,11-12H,7-8H2,1-2H3,(H,16,20). The number of ether oxygens (including phenoxy) is 1. The molecule has 0 saturated carbocycles. The minimum atomic E-state index is -3.09. The topological polar surface area (TPSA) is 55.4 Å². The van der Waals surface area contributed by atoms with Crippen LogP contribution in [0, 0.1) is 0 Å². The molecule has 1 fully saturated rings. The van der Waals surface area contributed by atoms with E-state index in [1.807, 2.05) is 24.3 Å². The summed E-state index contributed by atoms with van der Waals surface area (Å²) in [5, 5.41) is 2.56. The smallest absolute Gasteiger partial charge is 0.262 e. The largest absolute Gasteiger partial charge is 0.432 e. The van der Waals surface area contributed by atoms with E-state index >= 15 is 0 Å². The van der Waals surface area contributed by atoms with E-state index in [9.17, 15) is 8.42 Å². The van der Waals surface area contributed by atoms with Crippen molar-refractivity contribution in [2.24, 2.45) is 0 Å². The first-order valence-corrected chi connectivity index (χ1v) is 9.37. The molecule has 1 N–H and O–H groups in total. The summed E-state index contributed by atoms with van der Waals surface area (Å²) in [7, 11) is -3.09. The third kappa shape index (κ3) is 4.31. The normalized spacial score (nSPS) is 24.0. The number of alkyl halides is 1. The van der Waals surface area contributed by atoms with Crippen LogP contribution in [0.25, 0.3) is 0 Å². The predicted molar refractivity (Wildman–Crippen MR) is 89.0 cm³/mol. The lowest BCUT2D eigenvalue weighted by molar-refractivity contribution is 0.502. The molecule has 116 valence electrons. The van der Waals surface area contributed by atoms with Gasteiger partial charge in [0.05, 0.1) is 22.9 Å². The van der Waals surface area contributed by atoms with Crippen LogP contribution in [0.2, 0.25) is 0 Å². The lowest BCUT2D eigenvalue weighted by Gasteiger charge is -2.18. The van der Waals surface area contributed by atoms with Crippen LogP contribution in [0.5, 0.6) is 5.75 Å². The van der Waals surface area contributed by atoms with E-state index in [4.69, 9.17) is 28.6 Å². The average Bonchev–Trinajstić information content (AvgIpc) is 2.62. The highest BCUT2D eigenvalue weighted by Gasteiger charge is 2.37. The van der Waals surface area contributed by atoms with Crippen molar-refractivity contribution in [3.8, 4) is 5.75 Å². The maximum atomic E-state index is 11.5. The van der Waals surface area contributed by atoms with E-state index in [0.29, 0.717) is 11.7 Å². The number of para-hydroxylation sites is 1. The first kappa shape index (κ1) is 16.5. The highest BCUT2D eigenvalue weighted by atomic mass is 35.5. The summed E-state index contributed by atoms with van der Waals surface area (Å²) in [5.74, 6) is 0.932. The first-order chi connectivity index (χ1) is 9.78. The van der Waals surface area contributed by atoms with Gasteiger partial charge in [-0.15, -0.1) is 11.6 Å². The van der Waals surface area contributed by atoms with Gasteiger partial charge in [-0.05, 0) is 29.8 Å². The number of thiocarbonyl (C=S) groups is 1. The molecular formula is C14H18ClNO3S2. The van der Waals surface area contributed by atoms with E-state index in [-0.39, 0.29) is 16.7 Å². The molecule has 7 heteroatoms. The highest BCUT2D eigenvalue weighted by molar-refractivity contribution is 7.91. The molecule has 1 heterocycles. The molecule has 2 rings (SSSR count). The number of sulfone groups is 1. The van der Waals surface area contributed by atoms with Gasteiger partial charge in [0.15, 0.2) is 9.84 Å². The van der Waals surface area contributed by atoms with Crippen molar-refractivity contribution in [1.82, 2.24) is 5.32 Å². The van der Waals surface area contributed by atoms with E-state index < -0.39 is 21.3 Å². The molecule has 0 bridgehead atoms. The average molecular weight is 348 g/mol. The minimum absolute atomic E-state index is 0.0174. The Kier molecular flexibility index (Phi) is 5.11. The summed E-state index contributed by atoms with van der Waals surface area (Å²) >= 11 is 11.2. The summed E-state index contributed by atoms with van der Waals surface area (Å²) in [6.45, 7) is 4.13. The molecule has 4 nitrogen and oxygen atoms in total. The number of halogens is 1. The fraction of sp³-hybridized carbons (Fsp3) is 0.500. The van der Waals surface area contributed by atoms with Gasteiger partial charge in [0.25, 0.3) is 5.17 Å². The molecule has 0 radical (unpaired) electrons. The second-order valence-electron chi connectivity index (χ2n) is 5.43. The lowest BCUT2D eigenvalue weighted by Crippen LogP contribution is -2.42. The zero-order valence-corrected chi connectivity index (χ0v) is 14.3. The van der Waals surface area contributed by atoms with Crippen LogP contribution >= 0.6 is 23.8 Å². The first-order valence-electron chi connectivity index (χ1n) is 6.70. The Balaban J connectivity index is 2.03. The van der Waals surface area contributed by atoms with Gasteiger partial charge in [-0.3, -0.25) is 0 Å². The summed E-state index contributed by atoms with van der Waals surface area (Å²) < 4.78 is 28.7. The minimum Gasteiger partial charge on any atom is -0.432 e. The van der Waals surface area contributed by atoms with Crippen LogP contribution in [0.3, 0.4) is 0 Å². The van der Waals surface area contributed by atoms with Crippen molar-refractivity contribution >= 4 is 38.8 Å². The van der Waals surface area contributed by atoms with E-state index in [1.165, 1.54) is 0 Å². The molecule has 0 amide bonds. The van der Waals surface area contributed by atoms with Gasteiger partial charge in [-0.1, -0.05) is 32.0 Å². The van der Waals surface area contributed by atoms with Crippen LogP contribution in [0.1, 0.15) is 25.3 Å². The summed E-state index contributed by atoms with van der Waals surface area (Å²) in [6, 6.07) is 7.22. The van der Waals surface area contributed by atoms with Crippen LogP contribution in [-0.4, -0.2) is 36.5 Å². The fourth-order valence-corrected chi connectivity index (χ4v) is 5.06. The number of rotatable bonds is 3. The van der Waals surface area contributed by atoms with Gasteiger partial charge in [0.2, 0.25) is 0 Å². The van der Waals surface area contributed by atoms with E-state index in [2.05, 4.69) is 19.2 Å². The Labute approximate surface area is 135 Å². The second-order valence-corrected chi connectivity index (χ2v) is 8.51. The van der Waals surface area contributed by atoms with Crippen molar-refractivity contribution < 1.29 is 13.2 Å². The zero-order valence-electron chi connectivity index (χ0n) is 11.9. The molecule has 1 saturated heterocycles. The van der Waals surface area contributed by atoms with Gasteiger partial charge in [0, 0.05) is 0 Å². The molecule has 1 aromatic carbocycles. The molecule has 1 aliphatic heterocycles. The molecule has 1 aromatic rings. The summed E-state index contributed by atoms with van der Waals surface area (Å²) in [4.78, 5) is 0. The van der Waals surface area contributed by atoms with Crippen molar-refractivity contribution in [3.05, 3.63) is 29.8 Å². The number of nitrogens with one attached hydrogen (secondary N) is 1. The van der Waals surface area contributed by atoms with Gasteiger partial charge in [-0.2, -0.15) is 0 Å². The Bertz CT molecular complexity index is 631. The van der Waals surface area contributed by atoms with Gasteiger partial charge in [-0.25, -0.2) is 8.42 Å². The van der Waals surface area contributed by atoms with E-state index in [0.717, 1.165) is 5.56 Å². The van der Waals surface area contributed by atoms with Crippen LogP contribution in [0.15, 0.2) is 24.3 Å². The van der Waals surface area contributed by atoms with Crippen LogP contribution in [0.4, 0.5) is 0 Å². The number of hydrogen-bond acceptors (Lipinski definition) is 4. The van der Waals surface area contributed by atoms with Crippen LogP contribution in [-0.2, 0) is 9.84 Å². The molecular weight excluding hydrogens is 330 g/mol. The van der Waals surface area contributed by atoms with Gasteiger partial charge in [0.1, 0.15) is 5.75 Å². The third-order valence-corrected chi connectivity index (χ3v) is 5.91. The summed E-state index contributed by atoms with van der Waals surface area (Å²) in [6.07, 6.45) is 0. The molecule has 0 aromatic heterocycles. The monoisotopic (exact) mass is 347 g/mol. The van der Waals surface area contributed by atoms with Gasteiger partial charge < -0.3 is 10.1 Å². The maximum absolute atomic E-state index is 11.5. The predicted octanol–water partition coefficient (Wildman–Crippen LogP) is 2.47. The van der Waals surface area contributed by atoms with Crippen molar-refractivity contribution in [1.29, 1.82) is 0 Å². The number of benzene rings is 1. The van der Waals surface area contributed by atoms with Crippen LogP contribution < -0.4 is 10.1 Å².